The Morgan fingerprint density at radius 2 is 1.35 bits per heavy atom. The van der Waals surface area contributed by atoms with Crippen LogP contribution >= 0.6 is 0 Å². The van der Waals surface area contributed by atoms with E-state index in [1.807, 2.05) is 20.8 Å². The van der Waals surface area contributed by atoms with Crippen molar-refractivity contribution in [3.63, 3.8) is 0 Å². The van der Waals surface area contributed by atoms with Crippen LogP contribution in [0.2, 0.25) is 0 Å². The predicted molar refractivity (Wildman–Crippen MR) is 226 cm³/mol. The molecule has 5 heteroatoms. The fraction of sp³-hybridized carbons (Fsp3) is 0.652. The quantitative estimate of drug-likeness (QED) is 0.127. The number of rotatable bonds is 19. The molecule has 0 aliphatic heterocycles. The van der Waals surface area contributed by atoms with Crippen LogP contribution in [-0.2, 0) is 34.3 Å². The molecule has 292 valence electrons. The van der Waals surface area contributed by atoms with E-state index in [9.17, 15) is 9.59 Å². The zero-order valence-electron chi connectivity index (χ0n) is 35.6. The van der Waals surface area contributed by atoms with Gasteiger partial charge in [0.2, 0.25) is 11.8 Å². The number of benzene rings is 2. The maximum absolute atomic E-state index is 12.7. The van der Waals surface area contributed by atoms with Gasteiger partial charge in [0.05, 0.1) is 6.54 Å². The molecular weight excluding hydrogens is 627 g/mol. The van der Waals surface area contributed by atoms with Crippen molar-refractivity contribution in [2.45, 2.75) is 185 Å². The van der Waals surface area contributed by atoms with E-state index < -0.39 is 6.04 Å². The van der Waals surface area contributed by atoms with Crippen molar-refractivity contribution in [3.05, 3.63) is 82.1 Å². The van der Waals surface area contributed by atoms with Crippen molar-refractivity contribution in [1.29, 1.82) is 0 Å². The lowest BCUT2D eigenvalue weighted by Crippen LogP contribution is -2.49. The third-order valence-corrected chi connectivity index (χ3v) is 8.22. The van der Waals surface area contributed by atoms with Crippen LogP contribution in [0.3, 0.4) is 0 Å². The first-order valence-electron chi connectivity index (χ1n) is 20.6. The number of carbonyl (C=O) groups is 2. The van der Waals surface area contributed by atoms with E-state index in [4.69, 9.17) is 0 Å². The SMILES string of the molecule is CC.CC/C=C(\CC)NCC(=O)NC(CCC)C(=O)NCCCc1ccccc1CCCCC.CCC.CCCc1ccc(C)cc1C(C)(C)C. The molecule has 0 aliphatic carbocycles. The minimum Gasteiger partial charge on any atom is -0.380 e. The highest BCUT2D eigenvalue weighted by molar-refractivity contribution is 5.88. The van der Waals surface area contributed by atoms with Crippen LogP contribution in [0.4, 0.5) is 0 Å². The molecule has 5 nitrogen and oxygen atoms in total. The highest BCUT2D eigenvalue weighted by Crippen LogP contribution is 2.27. The first-order valence-corrected chi connectivity index (χ1v) is 20.6. The molecule has 2 aromatic carbocycles. The summed E-state index contributed by atoms with van der Waals surface area (Å²) in [5.41, 5.74) is 8.55. The summed E-state index contributed by atoms with van der Waals surface area (Å²) in [5, 5.41) is 9.09. The smallest absolute Gasteiger partial charge is 0.242 e. The summed E-state index contributed by atoms with van der Waals surface area (Å²) < 4.78 is 0. The molecule has 2 amide bonds. The van der Waals surface area contributed by atoms with E-state index in [1.165, 1.54) is 66.3 Å². The molecule has 2 rings (SSSR count). The van der Waals surface area contributed by atoms with Gasteiger partial charge in [0.1, 0.15) is 6.04 Å². The lowest BCUT2D eigenvalue weighted by Gasteiger charge is -2.23. The largest absolute Gasteiger partial charge is 0.380 e. The average Bonchev–Trinajstić information content (AvgIpc) is 3.11. The van der Waals surface area contributed by atoms with Crippen LogP contribution in [0.25, 0.3) is 0 Å². The Balaban J connectivity index is 0. The van der Waals surface area contributed by atoms with E-state index in [0.717, 1.165) is 44.2 Å². The van der Waals surface area contributed by atoms with Crippen LogP contribution in [0, 0.1) is 6.92 Å². The maximum atomic E-state index is 12.7. The fourth-order valence-electron chi connectivity index (χ4n) is 5.68. The van der Waals surface area contributed by atoms with Crippen molar-refractivity contribution >= 4 is 11.8 Å². The molecule has 0 bridgehead atoms. The Morgan fingerprint density at radius 1 is 0.745 bits per heavy atom. The Bertz CT molecular complexity index is 1200. The number of unbranched alkanes of at least 4 members (excludes halogenated alkanes) is 2. The first kappa shape index (κ1) is 50.0. The molecule has 1 atom stereocenters. The van der Waals surface area contributed by atoms with E-state index in [1.54, 1.807) is 0 Å². The highest BCUT2D eigenvalue weighted by Gasteiger charge is 2.20. The van der Waals surface area contributed by atoms with E-state index in [2.05, 4.69) is 134 Å². The molecule has 0 aliphatic rings. The zero-order chi connectivity index (χ0) is 39.1. The minimum atomic E-state index is -0.476. The molecular formula is C46H81N3O2. The topological polar surface area (TPSA) is 70.2 Å². The third kappa shape index (κ3) is 23.9. The minimum absolute atomic E-state index is 0.0868. The average molecular weight is 708 g/mol. The van der Waals surface area contributed by atoms with Crippen LogP contribution in [0.15, 0.2) is 54.2 Å². The molecule has 0 fully saturated rings. The Hall–Kier alpha value is -3.08. The summed E-state index contributed by atoms with van der Waals surface area (Å²) in [7, 11) is 0. The number of carbonyl (C=O) groups excluding carboxylic acids is 2. The molecule has 0 aromatic heterocycles. The number of nitrogens with one attached hydrogen (secondary N) is 3. The van der Waals surface area contributed by atoms with E-state index in [-0.39, 0.29) is 23.8 Å². The van der Waals surface area contributed by atoms with Gasteiger partial charge in [-0.3, -0.25) is 9.59 Å². The summed E-state index contributed by atoms with van der Waals surface area (Å²) >= 11 is 0. The van der Waals surface area contributed by atoms with Crippen molar-refractivity contribution in [2.24, 2.45) is 0 Å². The van der Waals surface area contributed by atoms with Crippen LogP contribution in [-0.4, -0.2) is 30.9 Å². The molecule has 1 unspecified atom stereocenters. The van der Waals surface area contributed by atoms with Gasteiger partial charge in [0.15, 0.2) is 0 Å². The van der Waals surface area contributed by atoms with Gasteiger partial charge in [-0.05, 0) is 86.0 Å². The lowest BCUT2D eigenvalue weighted by atomic mass is 9.82. The number of hydrogen-bond donors (Lipinski definition) is 3. The van der Waals surface area contributed by atoms with Gasteiger partial charge >= 0.3 is 0 Å². The zero-order valence-corrected chi connectivity index (χ0v) is 35.6. The third-order valence-electron chi connectivity index (χ3n) is 8.22. The van der Waals surface area contributed by atoms with Gasteiger partial charge in [-0.25, -0.2) is 0 Å². The molecule has 0 saturated carbocycles. The van der Waals surface area contributed by atoms with Gasteiger partial charge in [-0.1, -0.05) is 169 Å². The molecule has 0 radical (unpaired) electrons. The second-order valence-electron chi connectivity index (χ2n) is 14.2. The number of amides is 2. The second kappa shape index (κ2) is 31.6. The van der Waals surface area contributed by atoms with Gasteiger partial charge in [0, 0.05) is 12.2 Å². The number of hydrogen-bond acceptors (Lipinski definition) is 3. The monoisotopic (exact) mass is 708 g/mol. The fourth-order valence-corrected chi connectivity index (χ4v) is 5.68. The van der Waals surface area contributed by atoms with Crippen LogP contribution in [0.5, 0.6) is 0 Å². The Morgan fingerprint density at radius 3 is 1.86 bits per heavy atom. The summed E-state index contributed by atoms with van der Waals surface area (Å²) in [6, 6.07) is 15.0. The normalized spacial score (nSPS) is 11.4. The van der Waals surface area contributed by atoms with Gasteiger partial charge in [-0.2, -0.15) is 0 Å². The van der Waals surface area contributed by atoms with Crippen LogP contribution in [0.1, 0.15) is 175 Å². The predicted octanol–water partition coefficient (Wildman–Crippen LogP) is 11.7. The Labute approximate surface area is 316 Å². The molecule has 51 heavy (non-hydrogen) atoms. The van der Waals surface area contributed by atoms with Gasteiger partial charge in [-0.15, -0.1) is 0 Å². The van der Waals surface area contributed by atoms with Gasteiger partial charge < -0.3 is 16.0 Å². The van der Waals surface area contributed by atoms with Crippen LogP contribution < -0.4 is 16.0 Å². The summed E-state index contributed by atoms with van der Waals surface area (Å²) in [5.74, 6) is -0.230. The van der Waals surface area contributed by atoms with E-state index in [0.29, 0.717) is 13.0 Å². The van der Waals surface area contributed by atoms with Crippen molar-refractivity contribution < 1.29 is 9.59 Å². The summed E-state index contributed by atoms with van der Waals surface area (Å²) in [6.07, 6.45) is 15.7. The van der Waals surface area contributed by atoms with Crippen molar-refractivity contribution in [2.75, 3.05) is 13.1 Å². The lowest BCUT2D eigenvalue weighted by molar-refractivity contribution is -0.128. The summed E-state index contributed by atoms with van der Waals surface area (Å²) in [6.45, 7) is 28.7. The molecule has 0 saturated heterocycles. The number of allylic oxidation sites excluding steroid dienone is 2. The van der Waals surface area contributed by atoms with Crippen molar-refractivity contribution in [3.8, 4) is 0 Å². The second-order valence-corrected chi connectivity index (χ2v) is 14.2. The van der Waals surface area contributed by atoms with E-state index >= 15 is 0 Å². The maximum Gasteiger partial charge on any atom is 0.242 e. The standard InChI is InChI=1S/C27H45N3O2.C14H22.C3H8.C2H6/c1-5-9-10-16-22-17-11-12-18-23(22)19-13-20-28-27(32)25(15-7-3)30-26(31)21-29-24(8-4)14-6-2;1-6-7-12-9-8-11(2)10-13(12)14(3,4)5;1-3-2;1-2/h11-12,14,17-18,25,29H,5-10,13,15-16,19-21H2,1-4H3,(H,28,32)(H,30,31);8-10H,6-7H2,1-5H3;3H2,1-2H3;1-2H3/b24-14+;;;. The number of aryl methyl sites for hydroxylation is 4. The highest BCUT2D eigenvalue weighted by atomic mass is 16.2. The molecule has 3 N–H and O–H groups in total. The first-order chi connectivity index (χ1) is 24.4. The molecule has 2 aromatic rings. The summed E-state index contributed by atoms with van der Waals surface area (Å²) in [4.78, 5) is 25.0. The van der Waals surface area contributed by atoms with Crippen molar-refractivity contribution in [1.82, 2.24) is 16.0 Å². The Kier molecular flexibility index (Phi) is 31.0. The molecule has 0 heterocycles. The molecule has 0 spiro atoms. The van der Waals surface area contributed by atoms with Gasteiger partial charge in [0.25, 0.3) is 0 Å².